The lowest BCUT2D eigenvalue weighted by molar-refractivity contribution is -0.173. The van der Waals surface area contributed by atoms with Crippen LogP contribution in [0.5, 0.6) is 0 Å². The van der Waals surface area contributed by atoms with E-state index < -0.39 is 28.0 Å². The molecule has 0 bridgehead atoms. The molecule has 0 aliphatic heterocycles. The molecule has 0 heterocycles. The third-order valence-corrected chi connectivity index (χ3v) is 3.01. The summed E-state index contributed by atoms with van der Waals surface area (Å²) in [5.41, 5.74) is 0.452. The Morgan fingerprint density at radius 3 is 2.04 bits per heavy atom. The van der Waals surface area contributed by atoms with Crippen LogP contribution in [0.2, 0.25) is 0 Å². The molecular weight excluding hydrogens is 339 g/mol. The smallest absolute Gasteiger partial charge is 0.350 e. The van der Waals surface area contributed by atoms with Crippen molar-refractivity contribution in [3.8, 4) is 0 Å². The Labute approximate surface area is 130 Å². The van der Waals surface area contributed by atoms with Crippen LogP contribution in [0.1, 0.15) is 10.4 Å². The summed E-state index contributed by atoms with van der Waals surface area (Å²) in [7, 11) is -3.43. The van der Waals surface area contributed by atoms with Crippen molar-refractivity contribution < 1.29 is 31.2 Å². The third kappa shape index (κ3) is 7.00. The van der Waals surface area contributed by atoms with Crippen LogP contribution in [0, 0.1) is 0 Å². The molecule has 11 heteroatoms. The van der Waals surface area contributed by atoms with E-state index in [1.807, 2.05) is 0 Å². The molecule has 0 saturated carbocycles. The fourth-order valence-electron chi connectivity index (χ4n) is 1.46. The second-order valence-electron chi connectivity index (χ2n) is 4.46. The molecule has 2 amide bonds. The van der Waals surface area contributed by atoms with Crippen molar-refractivity contribution in [3.05, 3.63) is 29.8 Å². The van der Waals surface area contributed by atoms with Crippen LogP contribution >= 0.6 is 0 Å². The van der Waals surface area contributed by atoms with Crippen molar-refractivity contribution in [1.82, 2.24) is 10.6 Å². The number of benzene rings is 1. The maximum Gasteiger partial charge on any atom is 0.471 e. The summed E-state index contributed by atoms with van der Waals surface area (Å²) in [5, 5.41) is 3.92. The second kappa shape index (κ2) is 7.31. The quantitative estimate of drug-likeness (QED) is 0.647. The SMILES string of the molecule is CS(=O)(=O)Nc1ccc(C(=O)NCCNC(=O)C(F)(F)F)cc1. The predicted molar refractivity (Wildman–Crippen MR) is 76.3 cm³/mol. The van der Waals surface area contributed by atoms with Crippen LogP contribution in [0.25, 0.3) is 0 Å². The minimum atomic E-state index is -4.97. The van der Waals surface area contributed by atoms with Crippen LogP contribution in [-0.2, 0) is 14.8 Å². The van der Waals surface area contributed by atoms with Gasteiger partial charge in [-0.2, -0.15) is 13.2 Å². The van der Waals surface area contributed by atoms with Gasteiger partial charge in [-0.25, -0.2) is 8.42 Å². The maximum atomic E-state index is 11.9. The van der Waals surface area contributed by atoms with Gasteiger partial charge in [-0.05, 0) is 24.3 Å². The predicted octanol–water partition coefficient (Wildman–Crippen LogP) is 0.466. The van der Waals surface area contributed by atoms with Gasteiger partial charge in [0.2, 0.25) is 10.0 Å². The molecule has 0 aliphatic carbocycles. The largest absolute Gasteiger partial charge is 0.471 e. The summed E-state index contributed by atoms with van der Waals surface area (Å²) in [4.78, 5) is 22.2. The van der Waals surface area contributed by atoms with Crippen molar-refractivity contribution in [3.63, 3.8) is 0 Å². The van der Waals surface area contributed by atoms with E-state index >= 15 is 0 Å². The molecule has 3 N–H and O–H groups in total. The summed E-state index contributed by atoms with van der Waals surface area (Å²) >= 11 is 0. The van der Waals surface area contributed by atoms with Gasteiger partial charge in [0.15, 0.2) is 0 Å². The highest BCUT2D eigenvalue weighted by Crippen LogP contribution is 2.13. The Morgan fingerprint density at radius 1 is 1.04 bits per heavy atom. The van der Waals surface area contributed by atoms with Crippen molar-refractivity contribution in [1.29, 1.82) is 0 Å². The zero-order valence-electron chi connectivity index (χ0n) is 11.9. The Hall–Kier alpha value is -2.30. The highest BCUT2D eigenvalue weighted by molar-refractivity contribution is 7.92. The van der Waals surface area contributed by atoms with Crippen molar-refractivity contribution in [2.24, 2.45) is 0 Å². The van der Waals surface area contributed by atoms with Crippen LogP contribution in [0.3, 0.4) is 0 Å². The van der Waals surface area contributed by atoms with Crippen molar-refractivity contribution in [2.45, 2.75) is 6.18 Å². The monoisotopic (exact) mass is 353 g/mol. The zero-order chi connectivity index (χ0) is 17.7. The summed E-state index contributed by atoms with van der Waals surface area (Å²) in [5.74, 6) is -2.65. The van der Waals surface area contributed by atoms with Crippen LogP contribution in [-0.4, -0.2) is 45.8 Å². The molecule has 0 aromatic heterocycles. The first-order valence-corrected chi connectivity index (χ1v) is 8.09. The number of rotatable bonds is 6. The normalized spacial score (nSPS) is 11.7. The summed E-state index contributed by atoms with van der Waals surface area (Å²) < 4.78 is 60.0. The number of nitrogens with one attached hydrogen (secondary N) is 3. The van der Waals surface area contributed by atoms with Crippen molar-refractivity contribution in [2.75, 3.05) is 24.1 Å². The summed E-state index contributed by atoms with van der Waals surface area (Å²) in [6.07, 6.45) is -3.99. The number of carbonyl (C=O) groups excluding carboxylic acids is 2. The fraction of sp³-hybridized carbons (Fsp3) is 0.333. The lowest BCUT2D eigenvalue weighted by atomic mass is 10.2. The van der Waals surface area contributed by atoms with Gasteiger partial charge >= 0.3 is 12.1 Å². The molecule has 23 heavy (non-hydrogen) atoms. The van der Waals surface area contributed by atoms with E-state index in [2.05, 4.69) is 10.0 Å². The van der Waals surface area contributed by atoms with Crippen LogP contribution in [0.15, 0.2) is 24.3 Å². The number of amides is 2. The third-order valence-electron chi connectivity index (χ3n) is 2.40. The van der Waals surface area contributed by atoms with E-state index in [1.54, 1.807) is 5.32 Å². The lowest BCUT2D eigenvalue weighted by Gasteiger charge is -2.09. The molecule has 0 aliphatic rings. The highest BCUT2D eigenvalue weighted by atomic mass is 32.2. The number of alkyl halides is 3. The molecule has 0 atom stereocenters. The van der Waals surface area contributed by atoms with E-state index in [0.29, 0.717) is 0 Å². The first-order valence-electron chi connectivity index (χ1n) is 6.20. The molecule has 7 nitrogen and oxygen atoms in total. The van der Waals surface area contributed by atoms with E-state index in [-0.39, 0.29) is 24.3 Å². The Morgan fingerprint density at radius 2 is 1.57 bits per heavy atom. The van der Waals surface area contributed by atoms with Crippen LogP contribution < -0.4 is 15.4 Å². The van der Waals surface area contributed by atoms with E-state index in [1.165, 1.54) is 24.3 Å². The van der Waals surface area contributed by atoms with Gasteiger partial charge in [-0.15, -0.1) is 0 Å². The lowest BCUT2D eigenvalue weighted by Crippen LogP contribution is -2.41. The number of hydrogen-bond donors (Lipinski definition) is 3. The Balaban J connectivity index is 2.45. The topological polar surface area (TPSA) is 104 Å². The molecule has 1 aromatic carbocycles. The van der Waals surface area contributed by atoms with Gasteiger partial charge in [-0.1, -0.05) is 0 Å². The van der Waals surface area contributed by atoms with Gasteiger partial charge in [0.25, 0.3) is 5.91 Å². The van der Waals surface area contributed by atoms with E-state index in [9.17, 15) is 31.2 Å². The minimum absolute atomic E-state index is 0.186. The van der Waals surface area contributed by atoms with Gasteiger partial charge < -0.3 is 10.6 Å². The second-order valence-corrected chi connectivity index (χ2v) is 6.21. The Bertz CT molecular complexity index is 672. The van der Waals surface area contributed by atoms with Gasteiger partial charge in [0.1, 0.15) is 0 Å². The Kier molecular flexibility index (Phi) is 5.96. The number of hydrogen-bond acceptors (Lipinski definition) is 4. The maximum absolute atomic E-state index is 11.9. The van der Waals surface area contributed by atoms with Crippen molar-refractivity contribution >= 4 is 27.5 Å². The average molecular weight is 353 g/mol. The summed E-state index contributed by atoms with van der Waals surface area (Å²) in [6, 6.07) is 5.41. The molecule has 1 rings (SSSR count). The summed E-state index contributed by atoms with van der Waals surface area (Å²) in [6.45, 7) is -0.568. The van der Waals surface area contributed by atoms with E-state index in [4.69, 9.17) is 0 Å². The fourth-order valence-corrected chi connectivity index (χ4v) is 2.02. The minimum Gasteiger partial charge on any atom is -0.350 e. The molecular formula is C12H14F3N3O4S. The molecule has 128 valence electrons. The first kappa shape index (κ1) is 18.7. The highest BCUT2D eigenvalue weighted by Gasteiger charge is 2.38. The average Bonchev–Trinajstić information content (AvgIpc) is 2.41. The molecule has 0 spiro atoms. The molecule has 0 saturated heterocycles. The number of carbonyl (C=O) groups is 2. The molecule has 0 radical (unpaired) electrons. The number of halogens is 3. The van der Waals surface area contributed by atoms with Crippen LogP contribution in [0.4, 0.5) is 18.9 Å². The molecule has 1 aromatic rings. The molecule has 0 unspecified atom stereocenters. The number of anilines is 1. The molecule has 0 fully saturated rings. The first-order chi connectivity index (χ1) is 10.5. The zero-order valence-corrected chi connectivity index (χ0v) is 12.7. The van der Waals surface area contributed by atoms with Gasteiger partial charge in [0.05, 0.1) is 6.26 Å². The van der Waals surface area contributed by atoms with Gasteiger partial charge in [-0.3, -0.25) is 14.3 Å². The standard InChI is InChI=1S/C12H14F3N3O4S/c1-23(21,22)18-9-4-2-8(3-5-9)10(19)16-6-7-17-11(20)12(13,14)15/h2-5,18H,6-7H2,1H3,(H,16,19)(H,17,20). The van der Waals surface area contributed by atoms with Gasteiger partial charge in [0, 0.05) is 24.3 Å². The number of sulfonamides is 1. The van der Waals surface area contributed by atoms with E-state index in [0.717, 1.165) is 6.26 Å².